The van der Waals surface area contributed by atoms with Gasteiger partial charge in [-0.3, -0.25) is 4.68 Å². The van der Waals surface area contributed by atoms with Crippen LogP contribution in [0.2, 0.25) is 0 Å². The second-order valence-electron chi connectivity index (χ2n) is 4.27. The summed E-state index contributed by atoms with van der Waals surface area (Å²) in [6, 6.07) is 8.64. The summed E-state index contributed by atoms with van der Waals surface area (Å²) in [5, 5.41) is 4.40. The number of benzene rings is 1. The zero-order valence-electron chi connectivity index (χ0n) is 10.0. The van der Waals surface area contributed by atoms with Crippen LogP contribution < -0.4 is 5.73 Å². The molecule has 4 heteroatoms. The van der Waals surface area contributed by atoms with Gasteiger partial charge in [0, 0.05) is 18.2 Å². The molecule has 0 aliphatic rings. The molecule has 0 amide bonds. The van der Waals surface area contributed by atoms with E-state index >= 15 is 0 Å². The fraction of sp³-hybridized carbons (Fsp3) is 0.308. The van der Waals surface area contributed by atoms with E-state index in [-0.39, 0.29) is 11.9 Å². The van der Waals surface area contributed by atoms with Crippen molar-refractivity contribution in [2.24, 2.45) is 5.73 Å². The van der Waals surface area contributed by atoms with Gasteiger partial charge >= 0.3 is 0 Å². The Morgan fingerprint density at radius 3 is 2.71 bits per heavy atom. The molecule has 0 spiro atoms. The van der Waals surface area contributed by atoms with Crippen molar-refractivity contribution in [1.82, 2.24) is 9.78 Å². The predicted molar refractivity (Wildman–Crippen MR) is 65.9 cm³/mol. The molecule has 1 heterocycles. The molecule has 0 saturated carbocycles. The summed E-state index contributed by atoms with van der Waals surface area (Å²) < 4.78 is 15.1. The molecule has 0 aliphatic carbocycles. The molecule has 0 saturated heterocycles. The fourth-order valence-electron chi connectivity index (χ4n) is 1.80. The topological polar surface area (TPSA) is 43.8 Å². The summed E-state index contributed by atoms with van der Waals surface area (Å²) in [5.41, 5.74) is 8.14. The quantitative estimate of drug-likeness (QED) is 0.885. The van der Waals surface area contributed by atoms with Gasteiger partial charge in [0.25, 0.3) is 0 Å². The highest BCUT2D eigenvalue weighted by Gasteiger charge is 2.11. The Morgan fingerprint density at radius 2 is 2.12 bits per heavy atom. The molecule has 90 valence electrons. The van der Waals surface area contributed by atoms with Crippen LogP contribution in [0, 0.1) is 5.82 Å². The lowest BCUT2D eigenvalue weighted by atomic mass is 10.1. The SMILES string of the molecule is CC(C)n1nc(CN)cc1-c1cccc(F)c1. The van der Waals surface area contributed by atoms with Gasteiger partial charge in [0.1, 0.15) is 5.82 Å². The Bertz CT molecular complexity index is 517. The molecule has 3 nitrogen and oxygen atoms in total. The van der Waals surface area contributed by atoms with Crippen molar-refractivity contribution in [2.75, 3.05) is 0 Å². The van der Waals surface area contributed by atoms with Crippen molar-refractivity contribution in [3.05, 3.63) is 41.8 Å². The molecule has 1 aromatic carbocycles. The molecular formula is C13H16FN3. The van der Waals surface area contributed by atoms with Gasteiger partial charge < -0.3 is 5.73 Å². The van der Waals surface area contributed by atoms with Crippen LogP contribution in [0.3, 0.4) is 0 Å². The van der Waals surface area contributed by atoms with Gasteiger partial charge in [-0.05, 0) is 32.0 Å². The van der Waals surface area contributed by atoms with Crippen molar-refractivity contribution < 1.29 is 4.39 Å². The average molecular weight is 233 g/mol. The smallest absolute Gasteiger partial charge is 0.123 e. The van der Waals surface area contributed by atoms with Crippen LogP contribution in [0.5, 0.6) is 0 Å². The van der Waals surface area contributed by atoms with E-state index in [4.69, 9.17) is 5.73 Å². The summed E-state index contributed by atoms with van der Waals surface area (Å²) in [7, 11) is 0. The Hall–Kier alpha value is -1.68. The minimum absolute atomic E-state index is 0.216. The summed E-state index contributed by atoms with van der Waals surface area (Å²) in [4.78, 5) is 0. The number of hydrogen-bond donors (Lipinski definition) is 1. The molecular weight excluding hydrogens is 217 g/mol. The zero-order valence-corrected chi connectivity index (χ0v) is 10.0. The molecule has 0 unspecified atom stereocenters. The van der Waals surface area contributed by atoms with Gasteiger partial charge in [-0.1, -0.05) is 12.1 Å². The van der Waals surface area contributed by atoms with Gasteiger partial charge in [0.2, 0.25) is 0 Å². The largest absolute Gasteiger partial charge is 0.325 e. The maximum Gasteiger partial charge on any atom is 0.123 e. The number of rotatable bonds is 3. The Kier molecular flexibility index (Phi) is 3.24. The molecule has 0 aliphatic heterocycles. The highest BCUT2D eigenvalue weighted by Crippen LogP contribution is 2.24. The molecule has 2 rings (SSSR count). The lowest BCUT2D eigenvalue weighted by molar-refractivity contribution is 0.532. The third-order valence-electron chi connectivity index (χ3n) is 2.60. The number of halogens is 1. The molecule has 17 heavy (non-hydrogen) atoms. The lowest BCUT2D eigenvalue weighted by Crippen LogP contribution is -2.06. The van der Waals surface area contributed by atoms with Gasteiger partial charge in [0.05, 0.1) is 11.4 Å². The van der Waals surface area contributed by atoms with E-state index in [0.29, 0.717) is 6.54 Å². The number of hydrogen-bond acceptors (Lipinski definition) is 2. The van der Waals surface area contributed by atoms with E-state index in [9.17, 15) is 4.39 Å². The molecule has 0 atom stereocenters. The Morgan fingerprint density at radius 1 is 1.35 bits per heavy atom. The first-order valence-corrected chi connectivity index (χ1v) is 5.66. The maximum absolute atomic E-state index is 13.2. The van der Waals surface area contributed by atoms with E-state index in [0.717, 1.165) is 17.0 Å². The van der Waals surface area contributed by atoms with Crippen LogP contribution in [-0.4, -0.2) is 9.78 Å². The van der Waals surface area contributed by atoms with E-state index in [1.165, 1.54) is 12.1 Å². The third kappa shape index (κ3) is 2.36. The summed E-state index contributed by atoms with van der Waals surface area (Å²) in [6.45, 7) is 4.47. The van der Waals surface area contributed by atoms with E-state index in [1.807, 2.05) is 30.7 Å². The number of aromatic nitrogens is 2. The third-order valence-corrected chi connectivity index (χ3v) is 2.60. The summed E-state index contributed by atoms with van der Waals surface area (Å²) >= 11 is 0. The first kappa shape index (κ1) is 11.8. The van der Waals surface area contributed by atoms with E-state index in [2.05, 4.69) is 5.10 Å². The molecule has 0 bridgehead atoms. The normalized spacial score (nSPS) is 11.1. The summed E-state index contributed by atoms with van der Waals surface area (Å²) in [5.74, 6) is -0.242. The minimum atomic E-state index is -0.242. The van der Waals surface area contributed by atoms with Crippen LogP contribution in [0.25, 0.3) is 11.3 Å². The van der Waals surface area contributed by atoms with Crippen molar-refractivity contribution >= 4 is 0 Å². The van der Waals surface area contributed by atoms with Gasteiger partial charge in [0.15, 0.2) is 0 Å². The maximum atomic E-state index is 13.2. The standard InChI is InChI=1S/C13H16FN3/c1-9(2)17-13(7-12(8-15)16-17)10-4-3-5-11(14)6-10/h3-7,9H,8,15H2,1-2H3. The minimum Gasteiger partial charge on any atom is -0.325 e. The predicted octanol–water partition coefficient (Wildman–Crippen LogP) is 2.73. The zero-order chi connectivity index (χ0) is 12.4. The second kappa shape index (κ2) is 4.67. The van der Waals surface area contributed by atoms with Crippen molar-refractivity contribution in [1.29, 1.82) is 0 Å². The number of nitrogens with zero attached hydrogens (tertiary/aromatic N) is 2. The lowest BCUT2D eigenvalue weighted by Gasteiger charge is -2.10. The molecule has 2 N–H and O–H groups in total. The van der Waals surface area contributed by atoms with E-state index in [1.54, 1.807) is 6.07 Å². The first-order valence-electron chi connectivity index (χ1n) is 5.66. The average Bonchev–Trinajstić information content (AvgIpc) is 2.73. The monoisotopic (exact) mass is 233 g/mol. The first-order chi connectivity index (χ1) is 8.11. The fourth-order valence-corrected chi connectivity index (χ4v) is 1.80. The van der Waals surface area contributed by atoms with Crippen LogP contribution in [0.4, 0.5) is 4.39 Å². The molecule has 0 radical (unpaired) electrons. The second-order valence-corrected chi connectivity index (χ2v) is 4.27. The van der Waals surface area contributed by atoms with Gasteiger partial charge in [-0.25, -0.2) is 4.39 Å². The van der Waals surface area contributed by atoms with Crippen molar-refractivity contribution in [3.63, 3.8) is 0 Å². The van der Waals surface area contributed by atoms with Gasteiger partial charge in [-0.2, -0.15) is 5.10 Å². The molecule has 1 aromatic heterocycles. The molecule has 0 fully saturated rings. The number of nitrogens with two attached hydrogens (primary N) is 1. The van der Waals surface area contributed by atoms with E-state index < -0.39 is 0 Å². The Balaban J connectivity index is 2.53. The highest BCUT2D eigenvalue weighted by atomic mass is 19.1. The van der Waals surface area contributed by atoms with Crippen molar-refractivity contribution in [3.8, 4) is 11.3 Å². The van der Waals surface area contributed by atoms with Crippen LogP contribution >= 0.6 is 0 Å². The van der Waals surface area contributed by atoms with Crippen LogP contribution in [-0.2, 0) is 6.54 Å². The molecule has 2 aromatic rings. The highest BCUT2D eigenvalue weighted by molar-refractivity contribution is 5.60. The Labute approximate surface area is 100 Å². The van der Waals surface area contributed by atoms with Crippen LogP contribution in [0.1, 0.15) is 25.6 Å². The van der Waals surface area contributed by atoms with Crippen LogP contribution in [0.15, 0.2) is 30.3 Å². The summed E-state index contributed by atoms with van der Waals surface area (Å²) in [6.07, 6.45) is 0. The van der Waals surface area contributed by atoms with Gasteiger partial charge in [-0.15, -0.1) is 0 Å². The van der Waals surface area contributed by atoms with Crippen molar-refractivity contribution in [2.45, 2.75) is 26.4 Å².